The fourth-order valence-electron chi connectivity index (χ4n) is 4.72. The second-order valence-corrected chi connectivity index (χ2v) is 8.86. The Morgan fingerprint density at radius 1 is 1.28 bits per heavy atom. The summed E-state index contributed by atoms with van der Waals surface area (Å²) in [4.78, 5) is 21.3. The summed E-state index contributed by atoms with van der Waals surface area (Å²) in [6, 6.07) is 12.0. The molecule has 1 aromatic carbocycles. The Hall–Kier alpha value is -2.24. The number of aryl methyl sites for hydroxylation is 1. The number of likely N-dealkylation sites (tertiary alicyclic amines) is 1. The van der Waals surface area contributed by atoms with Crippen LogP contribution in [0.25, 0.3) is 0 Å². The van der Waals surface area contributed by atoms with Crippen LogP contribution in [0.1, 0.15) is 40.7 Å². The van der Waals surface area contributed by atoms with Crippen LogP contribution in [0.2, 0.25) is 0 Å². The zero-order valence-corrected chi connectivity index (χ0v) is 17.5. The van der Waals surface area contributed by atoms with Gasteiger partial charge < -0.3 is 9.64 Å². The molecular formula is C24H31N3O2. The average molecular weight is 394 g/mol. The van der Waals surface area contributed by atoms with Gasteiger partial charge in [-0.2, -0.15) is 0 Å². The molecule has 1 atom stereocenters. The number of aromatic nitrogens is 1. The van der Waals surface area contributed by atoms with Gasteiger partial charge in [0.1, 0.15) is 0 Å². The van der Waals surface area contributed by atoms with Crippen molar-refractivity contribution in [2.75, 3.05) is 33.3 Å². The van der Waals surface area contributed by atoms with Crippen LogP contribution in [-0.2, 0) is 11.3 Å². The van der Waals surface area contributed by atoms with Gasteiger partial charge >= 0.3 is 0 Å². The third kappa shape index (κ3) is 4.85. The predicted molar refractivity (Wildman–Crippen MR) is 114 cm³/mol. The number of pyridine rings is 1. The van der Waals surface area contributed by atoms with E-state index in [0.29, 0.717) is 0 Å². The molecule has 0 saturated carbocycles. The molecule has 0 bridgehead atoms. The molecule has 5 heteroatoms. The van der Waals surface area contributed by atoms with Crippen molar-refractivity contribution in [2.45, 2.75) is 38.8 Å². The van der Waals surface area contributed by atoms with Crippen molar-refractivity contribution in [3.05, 3.63) is 65.5 Å². The van der Waals surface area contributed by atoms with Crippen LogP contribution in [0.3, 0.4) is 0 Å². The van der Waals surface area contributed by atoms with Gasteiger partial charge in [-0.05, 0) is 62.4 Å². The van der Waals surface area contributed by atoms with Crippen molar-refractivity contribution < 1.29 is 9.53 Å². The summed E-state index contributed by atoms with van der Waals surface area (Å²) in [6.07, 6.45) is 7.17. The Bertz CT molecular complexity index is 831. The Labute approximate surface area is 173 Å². The number of hydrogen-bond donors (Lipinski definition) is 0. The summed E-state index contributed by atoms with van der Waals surface area (Å²) in [5, 5.41) is 0. The zero-order valence-electron chi connectivity index (χ0n) is 17.5. The Morgan fingerprint density at radius 2 is 2.10 bits per heavy atom. The predicted octanol–water partition coefficient (Wildman–Crippen LogP) is 3.53. The van der Waals surface area contributed by atoms with Gasteiger partial charge in [-0.3, -0.25) is 14.7 Å². The molecule has 1 amide bonds. The third-order valence-electron chi connectivity index (χ3n) is 6.35. The van der Waals surface area contributed by atoms with E-state index in [0.717, 1.165) is 63.2 Å². The van der Waals surface area contributed by atoms with Crippen LogP contribution >= 0.6 is 0 Å². The molecule has 1 spiro atoms. The maximum atomic E-state index is 12.8. The minimum Gasteiger partial charge on any atom is -0.376 e. The van der Waals surface area contributed by atoms with Gasteiger partial charge in [-0.1, -0.05) is 23.8 Å². The second kappa shape index (κ2) is 8.64. The van der Waals surface area contributed by atoms with Gasteiger partial charge in [0.05, 0.1) is 12.7 Å². The van der Waals surface area contributed by atoms with Crippen molar-refractivity contribution in [1.82, 2.24) is 14.8 Å². The molecule has 0 N–H and O–H groups in total. The molecule has 3 heterocycles. The Kier molecular flexibility index (Phi) is 5.97. The summed E-state index contributed by atoms with van der Waals surface area (Å²) >= 11 is 0. The first kappa shape index (κ1) is 20.0. The van der Waals surface area contributed by atoms with E-state index < -0.39 is 0 Å². The van der Waals surface area contributed by atoms with E-state index in [4.69, 9.17) is 4.74 Å². The van der Waals surface area contributed by atoms with Crippen LogP contribution in [0.5, 0.6) is 0 Å². The van der Waals surface area contributed by atoms with Gasteiger partial charge in [-0.25, -0.2) is 0 Å². The number of hydrogen-bond acceptors (Lipinski definition) is 4. The zero-order chi connectivity index (χ0) is 20.3. The lowest BCUT2D eigenvalue weighted by Crippen LogP contribution is -2.43. The van der Waals surface area contributed by atoms with Crippen LogP contribution in [0.15, 0.2) is 48.8 Å². The summed E-state index contributed by atoms with van der Waals surface area (Å²) in [7, 11) is 2.14. The SMILES string of the molecule is Cc1cccc(C(=O)N2CCC3(CC2)CO[C@@H](CN(C)Cc2cccnc2)C3)c1. The molecule has 2 aliphatic heterocycles. The van der Waals surface area contributed by atoms with E-state index in [2.05, 4.69) is 23.0 Å². The quantitative estimate of drug-likeness (QED) is 0.780. The normalized spacial score (nSPS) is 21.1. The number of benzene rings is 1. The number of amides is 1. The average Bonchev–Trinajstić information content (AvgIpc) is 3.10. The molecular weight excluding hydrogens is 362 g/mol. The molecule has 2 aliphatic rings. The van der Waals surface area contributed by atoms with E-state index in [9.17, 15) is 4.79 Å². The van der Waals surface area contributed by atoms with Gasteiger partial charge in [0.15, 0.2) is 0 Å². The molecule has 5 nitrogen and oxygen atoms in total. The van der Waals surface area contributed by atoms with E-state index in [1.807, 2.05) is 54.5 Å². The van der Waals surface area contributed by atoms with Gasteiger partial charge in [0.25, 0.3) is 5.91 Å². The highest BCUT2D eigenvalue weighted by atomic mass is 16.5. The van der Waals surface area contributed by atoms with Crippen LogP contribution < -0.4 is 0 Å². The minimum atomic E-state index is 0.162. The summed E-state index contributed by atoms with van der Waals surface area (Å²) in [5.41, 5.74) is 3.40. The van der Waals surface area contributed by atoms with Crippen molar-refractivity contribution in [3.8, 4) is 0 Å². The van der Waals surface area contributed by atoms with Crippen molar-refractivity contribution in [3.63, 3.8) is 0 Å². The van der Waals surface area contributed by atoms with E-state index >= 15 is 0 Å². The minimum absolute atomic E-state index is 0.162. The van der Waals surface area contributed by atoms with Crippen LogP contribution in [0.4, 0.5) is 0 Å². The smallest absolute Gasteiger partial charge is 0.253 e. The summed E-state index contributed by atoms with van der Waals surface area (Å²) < 4.78 is 6.19. The maximum absolute atomic E-state index is 12.8. The fourth-order valence-corrected chi connectivity index (χ4v) is 4.72. The highest BCUT2D eigenvalue weighted by Gasteiger charge is 2.43. The molecule has 2 saturated heterocycles. The maximum Gasteiger partial charge on any atom is 0.253 e. The number of carbonyl (C=O) groups is 1. The van der Waals surface area contributed by atoms with Gasteiger partial charge in [0.2, 0.25) is 0 Å². The molecule has 4 rings (SSSR count). The first-order valence-electron chi connectivity index (χ1n) is 10.6. The number of carbonyl (C=O) groups excluding carboxylic acids is 1. The van der Waals surface area contributed by atoms with Crippen LogP contribution in [0, 0.1) is 12.3 Å². The molecule has 0 aliphatic carbocycles. The molecule has 2 aromatic rings. The van der Waals surface area contributed by atoms with Crippen molar-refractivity contribution in [2.24, 2.45) is 5.41 Å². The first-order chi connectivity index (χ1) is 14.0. The van der Waals surface area contributed by atoms with E-state index in [-0.39, 0.29) is 17.4 Å². The van der Waals surface area contributed by atoms with E-state index in [1.165, 1.54) is 5.56 Å². The molecule has 29 heavy (non-hydrogen) atoms. The number of rotatable bonds is 5. The number of nitrogens with zero attached hydrogens (tertiary/aromatic N) is 3. The lowest BCUT2D eigenvalue weighted by atomic mass is 9.76. The Morgan fingerprint density at radius 3 is 2.83 bits per heavy atom. The van der Waals surface area contributed by atoms with Gasteiger partial charge in [-0.15, -0.1) is 0 Å². The number of ether oxygens (including phenoxy) is 1. The highest BCUT2D eigenvalue weighted by molar-refractivity contribution is 5.94. The monoisotopic (exact) mass is 393 g/mol. The molecule has 2 fully saturated rings. The van der Waals surface area contributed by atoms with E-state index in [1.54, 1.807) is 0 Å². The highest BCUT2D eigenvalue weighted by Crippen LogP contribution is 2.42. The summed E-state index contributed by atoms with van der Waals surface area (Å²) in [5.74, 6) is 0.162. The second-order valence-electron chi connectivity index (χ2n) is 8.86. The lowest BCUT2D eigenvalue weighted by Gasteiger charge is -2.38. The largest absolute Gasteiger partial charge is 0.376 e. The third-order valence-corrected chi connectivity index (χ3v) is 6.35. The summed E-state index contributed by atoms with van der Waals surface area (Å²) in [6.45, 7) is 6.33. The lowest BCUT2D eigenvalue weighted by molar-refractivity contribution is 0.0457. The first-order valence-corrected chi connectivity index (χ1v) is 10.6. The standard InChI is InChI=1S/C24H31N3O2/c1-19-5-3-7-21(13-19)23(28)27-11-8-24(9-12-27)14-22(29-18-24)17-26(2)16-20-6-4-10-25-15-20/h3-7,10,13,15,22H,8-9,11-12,14,16-18H2,1-2H3/t22-/m1/s1. The van der Waals surface area contributed by atoms with Crippen LogP contribution in [-0.4, -0.2) is 60.1 Å². The Balaban J connectivity index is 1.27. The molecule has 0 radical (unpaired) electrons. The topological polar surface area (TPSA) is 45.7 Å². The molecule has 0 unspecified atom stereocenters. The fraction of sp³-hybridized carbons (Fsp3) is 0.500. The number of piperidine rings is 1. The molecule has 154 valence electrons. The van der Waals surface area contributed by atoms with Gasteiger partial charge in [0, 0.05) is 44.1 Å². The molecule has 1 aromatic heterocycles. The van der Waals surface area contributed by atoms with Crippen molar-refractivity contribution in [1.29, 1.82) is 0 Å². The van der Waals surface area contributed by atoms with Crippen molar-refractivity contribution >= 4 is 5.91 Å². The number of likely N-dealkylation sites (N-methyl/N-ethyl adjacent to an activating group) is 1.